The Hall–Kier alpha value is -3.58. The van der Waals surface area contributed by atoms with Crippen LogP contribution in [-0.4, -0.2) is 27.1 Å². The van der Waals surface area contributed by atoms with Gasteiger partial charge in [0.2, 0.25) is 0 Å². The Balaban J connectivity index is 1.78. The summed E-state index contributed by atoms with van der Waals surface area (Å²) in [6, 6.07) is 13.0. The largest absolute Gasteiger partial charge is 0.423 e. The maximum absolute atomic E-state index is 13.1. The van der Waals surface area contributed by atoms with Crippen molar-refractivity contribution in [1.82, 2.24) is 0 Å². The second kappa shape index (κ2) is 7.35. The first kappa shape index (κ1) is 19.7. The fraction of sp³-hybridized carbons (Fsp3) is 0.136. The van der Waals surface area contributed by atoms with Gasteiger partial charge in [0.05, 0.1) is 5.02 Å². The number of hydrogen-bond donors (Lipinski definition) is 0. The fourth-order valence-electron chi connectivity index (χ4n) is 3.16. The molecule has 2 heterocycles. The van der Waals surface area contributed by atoms with Gasteiger partial charge in [-0.3, -0.25) is 4.79 Å². The third-order valence-corrected chi connectivity index (χ3v) is 5.25. The van der Waals surface area contributed by atoms with Crippen molar-refractivity contribution in [3.8, 4) is 0 Å². The van der Waals surface area contributed by atoms with Gasteiger partial charge in [0.1, 0.15) is 16.7 Å². The monoisotopic (exact) mass is 424 g/mol. The Morgan fingerprint density at radius 2 is 1.60 bits per heavy atom. The van der Waals surface area contributed by atoms with Crippen molar-refractivity contribution in [1.29, 1.82) is 0 Å². The molecule has 7 nitrogen and oxygen atoms in total. The maximum Gasteiger partial charge on any atom is 0.350 e. The summed E-state index contributed by atoms with van der Waals surface area (Å²) in [5.74, 6) is -0.607. The topological polar surface area (TPSA) is 84.0 Å². The molecule has 4 rings (SSSR count). The number of nitrogens with zero attached hydrogens (tertiary/aromatic N) is 2. The zero-order valence-corrected chi connectivity index (χ0v) is 17.2. The van der Waals surface area contributed by atoms with Gasteiger partial charge in [-0.1, -0.05) is 11.6 Å². The number of carbonyl (C=O) groups excluding carboxylic acids is 1. The molecule has 0 aliphatic rings. The lowest BCUT2D eigenvalue weighted by Crippen LogP contribution is -2.31. The van der Waals surface area contributed by atoms with E-state index >= 15 is 0 Å². The van der Waals surface area contributed by atoms with E-state index in [0.29, 0.717) is 27.6 Å². The number of amides is 1. The minimum atomic E-state index is -0.813. The molecule has 0 fully saturated rings. The molecule has 0 bridgehead atoms. The van der Waals surface area contributed by atoms with Crippen LogP contribution in [0.5, 0.6) is 0 Å². The second-order valence-electron chi connectivity index (χ2n) is 6.99. The third kappa shape index (κ3) is 3.33. The molecule has 0 saturated heterocycles. The quantitative estimate of drug-likeness (QED) is 0.464. The molecule has 0 aliphatic carbocycles. The summed E-state index contributed by atoms with van der Waals surface area (Å²) < 4.78 is 10.5. The van der Waals surface area contributed by atoms with E-state index in [4.69, 9.17) is 20.4 Å². The number of benzene rings is 2. The van der Waals surface area contributed by atoms with Crippen molar-refractivity contribution in [2.24, 2.45) is 0 Å². The van der Waals surface area contributed by atoms with E-state index in [2.05, 4.69) is 0 Å². The number of anilines is 2. The highest BCUT2D eigenvalue weighted by Gasteiger charge is 2.24. The average Bonchev–Trinajstić information content (AvgIpc) is 2.72. The normalized spacial score (nSPS) is 11.1. The van der Waals surface area contributed by atoms with Crippen LogP contribution in [0.4, 0.5) is 11.4 Å². The molecule has 0 spiro atoms. The Labute approximate surface area is 175 Å². The zero-order valence-electron chi connectivity index (χ0n) is 16.4. The highest BCUT2D eigenvalue weighted by atomic mass is 35.5. The van der Waals surface area contributed by atoms with Crippen LogP contribution in [-0.2, 0) is 0 Å². The lowest BCUT2D eigenvalue weighted by atomic mass is 10.1. The first-order valence-electron chi connectivity index (χ1n) is 9.02. The van der Waals surface area contributed by atoms with Gasteiger partial charge in [-0.25, -0.2) is 9.59 Å². The number of hydrogen-bond acceptors (Lipinski definition) is 6. The van der Waals surface area contributed by atoms with Crippen molar-refractivity contribution >= 4 is 50.8 Å². The fourth-order valence-corrected chi connectivity index (χ4v) is 3.48. The predicted octanol–water partition coefficient (Wildman–Crippen LogP) is 3.90. The van der Waals surface area contributed by atoms with Gasteiger partial charge in [0.15, 0.2) is 0 Å². The molecule has 152 valence electrons. The van der Waals surface area contributed by atoms with Crippen LogP contribution >= 0.6 is 11.6 Å². The minimum absolute atomic E-state index is 0.0372. The van der Waals surface area contributed by atoms with E-state index in [0.717, 1.165) is 5.69 Å². The second-order valence-corrected chi connectivity index (χ2v) is 7.37. The Morgan fingerprint density at radius 1 is 0.867 bits per heavy atom. The first-order chi connectivity index (χ1) is 14.3. The van der Waals surface area contributed by atoms with E-state index in [1.165, 1.54) is 18.0 Å². The predicted molar refractivity (Wildman–Crippen MR) is 117 cm³/mol. The number of carbonyl (C=O) groups is 1. The highest BCUT2D eigenvalue weighted by molar-refractivity contribution is 6.38. The van der Waals surface area contributed by atoms with Crippen LogP contribution in [0.25, 0.3) is 21.9 Å². The highest BCUT2D eigenvalue weighted by Crippen LogP contribution is 2.30. The van der Waals surface area contributed by atoms with E-state index in [9.17, 15) is 14.4 Å². The van der Waals surface area contributed by atoms with Gasteiger partial charge in [0.25, 0.3) is 5.91 Å². The lowest BCUT2D eigenvalue weighted by molar-refractivity contribution is 0.0990. The molecular weight excluding hydrogens is 408 g/mol. The molecule has 8 heteroatoms. The Bertz CT molecular complexity index is 1420. The van der Waals surface area contributed by atoms with Gasteiger partial charge >= 0.3 is 11.3 Å². The van der Waals surface area contributed by atoms with Crippen LogP contribution in [0.2, 0.25) is 5.02 Å². The molecule has 0 unspecified atom stereocenters. The maximum atomic E-state index is 13.1. The molecular formula is C22H17ClN2O5. The number of fused-ring (bicyclic) bond motifs is 2. The van der Waals surface area contributed by atoms with Gasteiger partial charge < -0.3 is 18.6 Å². The number of rotatable bonds is 3. The van der Waals surface area contributed by atoms with Crippen molar-refractivity contribution in [3.05, 3.63) is 80.0 Å². The van der Waals surface area contributed by atoms with Crippen LogP contribution in [0.1, 0.15) is 10.4 Å². The summed E-state index contributed by atoms with van der Waals surface area (Å²) >= 11 is 6.45. The lowest BCUT2D eigenvalue weighted by Gasteiger charge is -2.18. The molecule has 0 saturated carbocycles. The summed E-state index contributed by atoms with van der Waals surface area (Å²) in [5.41, 5.74) is 0.512. The molecule has 0 aliphatic heterocycles. The minimum Gasteiger partial charge on any atom is -0.423 e. The van der Waals surface area contributed by atoms with E-state index < -0.39 is 17.2 Å². The van der Waals surface area contributed by atoms with Crippen LogP contribution in [0.15, 0.2) is 67.0 Å². The van der Waals surface area contributed by atoms with E-state index in [-0.39, 0.29) is 10.6 Å². The van der Waals surface area contributed by atoms with Gasteiger partial charge in [0, 0.05) is 55.4 Å². The Kier molecular flexibility index (Phi) is 4.83. The standard InChI is InChI=1S/C22H17ClN2O5/c1-24(2)13-5-7-15-17(11-13)30-22(28)19(20(15)23)21(27)25(3)14-6-8-16-12(10-14)4-9-18(26)29-16/h4-11H,1-3H3. The van der Waals surface area contributed by atoms with E-state index in [1.54, 1.807) is 36.4 Å². The molecule has 1 amide bonds. The molecule has 2 aromatic carbocycles. The van der Waals surface area contributed by atoms with Crippen LogP contribution < -0.4 is 21.1 Å². The average molecular weight is 425 g/mol. The summed E-state index contributed by atoms with van der Waals surface area (Å²) in [6.07, 6.45) is 0. The molecule has 4 aromatic rings. The van der Waals surface area contributed by atoms with Crippen molar-refractivity contribution in [2.75, 3.05) is 30.9 Å². The van der Waals surface area contributed by atoms with Gasteiger partial charge in [-0.05, 0) is 36.4 Å². The van der Waals surface area contributed by atoms with Gasteiger partial charge in [-0.2, -0.15) is 0 Å². The third-order valence-electron chi connectivity index (χ3n) is 4.85. The summed E-state index contributed by atoms with van der Waals surface area (Å²) in [7, 11) is 5.25. The molecule has 0 atom stereocenters. The van der Waals surface area contributed by atoms with Gasteiger partial charge in [-0.15, -0.1) is 0 Å². The van der Waals surface area contributed by atoms with Crippen LogP contribution in [0, 0.1) is 0 Å². The SMILES string of the molecule is CN(C)c1ccc2c(Cl)c(C(=O)N(C)c3ccc4oc(=O)ccc4c3)c(=O)oc2c1. The first-order valence-corrected chi connectivity index (χ1v) is 9.40. The summed E-state index contributed by atoms with van der Waals surface area (Å²) in [4.78, 5) is 40.2. The van der Waals surface area contributed by atoms with Crippen molar-refractivity contribution < 1.29 is 13.6 Å². The number of halogens is 1. The van der Waals surface area contributed by atoms with Crippen molar-refractivity contribution in [2.45, 2.75) is 0 Å². The Morgan fingerprint density at radius 3 is 2.33 bits per heavy atom. The molecule has 30 heavy (non-hydrogen) atoms. The summed E-state index contributed by atoms with van der Waals surface area (Å²) in [5, 5.41) is 1.15. The molecule has 0 N–H and O–H groups in total. The van der Waals surface area contributed by atoms with E-state index in [1.807, 2.05) is 25.1 Å². The van der Waals surface area contributed by atoms with Crippen molar-refractivity contribution in [3.63, 3.8) is 0 Å². The zero-order chi connectivity index (χ0) is 21.6. The summed E-state index contributed by atoms with van der Waals surface area (Å²) in [6.45, 7) is 0. The molecule has 2 aromatic heterocycles. The smallest absolute Gasteiger partial charge is 0.350 e. The van der Waals surface area contributed by atoms with Crippen LogP contribution in [0.3, 0.4) is 0 Å². The molecule has 0 radical (unpaired) electrons.